The second-order valence-corrected chi connectivity index (χ2v) is 13.5. The quantitative estimate of drug-likeness (QED) is 0.179. The number of benzene rings is 4. The lowest BCUT2D eigenvalue weighted by molar-refractivity contribution is 1.19. The van der Waals surface area contributed by atoms with E-state index in [9.17, 15) is 0 Å². The standard InChI is InChI=1S/C36H28Cl6N/c1-17-7-19(3)31(20(4)8-17)23-11-25(37)33(26(38)12-23)36(35-29(41)15-43-16-30(35)42)34-27(39)13-24(14-28(34)40)32-21(5)9-18(2)10-22(32)6/h7-16H,1-6H3. The maximum atomic E-state index is 7.11. The van der Waals surface area contributed by atoms with Gasteiger partial charge in [0, 0.05) is 49.2 Å². The Kier molecular flexibility index (Phi) is 9.46. The van der Waals surface area contributed by atoms with Crippen molar-refractivity contribution < 1.29 is 0 Å². The largest absolute Gasteiger partial charge is 0.262 e. The molecule has 0 aliphatic carbocycles. The molecule has 0 unspecified atom stereocenters. The molecule has 1 heterocycles. The molecule has 219 valence electrons. The monoisotopic (exact) mass is 684 g/mol. The van der Waals surface area contributed by atoms with E-state index in [1.54, 1.807) is 0 Å². The van der Waals surface area contributed by atoms with E-state index >= 15 is 0 Å². The number of aryl methyl sites for hydroxylation is 6. The number of hydrogen-bond acceptors (Lipinski definition) is 1. The SMILES string of the molecule is Cc1cc(C)c(-c2cc(Cl)c([C](c3c(Cl)cncc3Cl)c3c(Cl)cc(-c4c(C)cc(C)cc4C)cc3Cl)c(Cl)c2)c(C)c1. The molecule has 1 radical (unpaired) electrons. The lowest BCUT2D eigenvalue weighted by Crippen LogP contribution is -2.10. The van der Waals surface area contributed by atoms with Crippen LogP contribution in [0.25, 0.3) is 22.3 Å². The second-order valence-electron chi connectivity index (χ2n) is 11.0. The molecule has 4 aromatic carbocycles. The van der Waals surface area contributed by atoms with Gasteiger partial charge in [0.2, 0.25) is 0 Å². The Labute approximate surface area is 283 Å². The van der Waals surface area contributed by atoms with Crippen LogP contribution in [0.15, 0.2) is 60.9 Å². The highest BCUT2D eigenvalue weighted by molar-refractivity contribution is 6.41. The molecule has 0 saturated heterocycles. The van der Waals surface area contributed by atoms with Crippen molar-refractivity contribution in [3.8, 4) is 22.3 Å². The first-order chi connectivity index (χ1) is 20.3. The first-order valence-corrected chi connectivity index (χ1v) is 15.9. The summed E-state index contributed by atoms with van der Waals surface area (Å²) in [4.78, 5) is 4.16. The van der Waals surface area contributed by atoms with E-state index in [0.717, 1.165) is 44.5 Å². The van der Waals surface area contributed by atoms with Crippen LogP contribution in [-0.2, 0) is 0 Å². The predicted octanol–water partition coefficient (Wildman–Crippen LogP) is 13.2. The van der Waals surface area contributed by atoms with Crippen molar-refractivity contribution in [1.29, 1.82) is 0 Å². The summed E-state index contributed by atoms with van der Waals surface area (Å²) in [5.41, 5.74) is 12.4. The van der Waals surface area contributed by atoms with Gasteiger partial charge in [-0.3, -0.25) is 4.98 Å². The molecule has 0 spiro atoms. The molecule has 7 heteroatoms. The minimum atomic E-state index is 0.311. The fourth-order valence-corrected chi connectivity index (χ4v) is 8.11. The molecule has 0 fully saturated rings. The van der Waals surface area contributed by atoms with Crippen molar-refractivity contribution in [2.75, 3.05) is 0 Å². The van der Waals surface area contributed by atoms with Crippen molar-refractivity contribution in [3.05, 3.63) is 147 Å². The highest BCUT2D eigenvalue weighted by Crippen LogP contribution is 2.50. The zero-order valence-corrected chi connectivity index (χ0v) is 29.0. The number of pyridine rings is 1. The lowest BCUT2D eigenvalue weighted by Gasteiger charge is -2.26. The normalized spacial score (nSPS) is 11.5. The number of halogens is 6. The maximum Gasteiger partial charge on any atom is 0.0721 e. The summed E-state index contributed by atoms with van der Waals surface area (Å²) in [5.74, 6) is 0.523. The van der Waals surface area contributed by atoms with E-state index in [2.05, 4.69) is 70.8 Å². The first kappa shape index (κ1) is 32.2. The van der Waals surface area contributed by atoms with Crippen LogP contribution in [0.4, 0.5) is 0 Å². The summed E-state index contributed by atoms with van der Waals surface area (Å²) in [6.07, 6.45) is 3.04. The smallest absolute Gasteiger partial charge is 0.0721 e. The van der Waals surface area contributed by atoms with E-state index < -0.39 is 0 Å². The Morgan fingerprint density at radius 3 is 1.00 bits per heavy atom. The van der Waals surface area contributed by atoms with Gasteiger partial charge >= 0.3 is 0 Å². The van der Waals surface area contributed by atoms with Crippen molar-refractivity contribution in [1.82, 2.24) is 4.98 Å². The molecule has 1 aromatic heterocycles. The van der Waals surface area contributed by atoms with E-state index in [4.69, 9.17) is 69.6 Å². The maximum absolute atomic E-state index is 7.11. The average Bonchev–Trinajstić information content (AvgIpc) is 2.86. The van der Waals surface area contributed by atoms with Crippen LogP contribution in [0.3, 0.4) is 0 Å². The Bertz CT molecular complexity index is 1680. The Balaban J connectivity index is 1.78. The van der Waals surface area contributed by atoms with Gasteiger partial charge in [0.15, 0.2) is 0 Å². The predicted molar refractivity (Wildman–Crippen MR) is 187 cm³/mol. The van der Waals surface area contributed by atoms with E-state index in [0.29, 0.717) is 52.7 Å². The average molecular weight is 687 g/mol. The Morgan fingerprint density at radius 1 is 0.419 bits per heavy atom. The minimum absolute atomic E-state index is 0.311. The summed E-state index contributed by atoms with van der Waals surface area (Å²) in [6, 6.07) is 16.2. The molecule has 0 aliphatic rings. The van der Waals surface area contributed by atoms with Crippen LogP contribution in [0, 0.1) is 47.5 Å². The van der Waals surface area contributed by atoms with Gasteiger partial charge in [-0.25, -0.2) is 0 Å². The van der Waals surface area contributed by atoms with Crippen LogP contribution in [-0.4, -0.2) is 4.98 Å². The number of hydrogen-bond donors (Lipinski definition) is 0. The molecule has 0 N–H and O–H groups in total. The topological polar surface area (TPSA) is 12.9 Å². The van der Waals surface area contributed by atoms with Crippen molar-refractivity contribution >= 4 is 69.6 Å². The van der Waals surface area contributed by atoms with Crippen LogP contribution >= 0.6 is 69.6 Å². The van der Waals surface area contributed by atoms with Gasteiger partial charge in [0.05, 0.1) is 16.0 Å². The van der Waals surface area contributed by atoms with Gasteiger partial charge in [-0.15, -0.1) is 0 Å². The molecule has 0 atom stereocenters. The van der Waals surface area contributed by atoms with Crippen LogP contribution in [0.2, 0.25) is 30.1 Å². The van der Waals surface area contributed by atoms with Crippen LogP contribution in [0.5, 0.6) is 0 Å². The summed E-state index contributed by atoms with van der Waals surface area (Å²) < 4.78 is 0. The van der Waals surface area contributed by atoms with Gasteiger partial charge < -0.3 is 0 Å². The Hall–Kier alpha value is -2.23. The number of rotatable bonds is 5. The Morgan fingerprint density at radius 2 is 0.698 bits per heavy atom. The molecule has 0 saturated carbocycles. The molecule has 0 bridgehead atoms. The molecule has 0 aliphatic heterocycles. The van der Waals surface area contributed by atoms with Crippen LogP contribution < -0.4 is 0 Å². The molecule has 43 heavy (non-hydrogen) atoms. The third-order valence-corrected chi connectivity index (χ3v) is 9.38. The summed E-state index contributed by atoms with van der Waals surface area (Å²) >= 11 is 42.0. The molecule has 1 nitrogen and oxygen atoms in total. The summed E-state index contributed by atoms with van der Waals surface area (Å²) in [5, 5.41) is 2.24. The second kappa shape index (κ2) is 12.6. The van der Waals surface area contributed by atoms with E-state index in [-0.39, 0.29) is 0 Å². The van der Waals surface area contributed by atoms with Crippen molar-refractivity contribution in [2.24, 2.45) is 0 Å². The van der Waals surface area contributed by atoms with Gasteiger partial charge in [0.25, 0.3) is 0 Å². The third kappa shape index (κ3) is 6.19. The zero-order chi connectivity index (χ0) is 31.3. The molecule has 5 aromatic rings. The van der Waals surface area contributed by atoms with E-state index in [1.807, 2.05) is 24.3 Å². The van der Waals surface area contributed by atoms with Gasteiger partial charge in [-0.05, 0) is 110 Å². The zero-order valence-electron chi connectivity index (χ0n) is 24.5. The highest BCUT2D eigenvalue weighted by atomic mass is 35.5. The van der Waals surface area contributed by atoms with Crippen molar-refractivity contribution in [2.45, 2.75) is 41.5 Å². The molecule has 0 amide bonds. The van der Waals surface area contributed by atoms with Gasteiger partial charge in [-0.1, -0.05) is 105 Å². The lowest BCUT2D eigenvalue weighted by atomic mass is 9.83. The summed E-state index contributed by atoms with van der Waals surface area (Å²) in [6.45, 7) is 12.5. The fourth-order valence-electron chi connectivity index (χ4n) is 6.21. The van der Waals surface area contributed by atoms with E-state index in [1.165, 1.54) is 23.5 Å². The van der Waals surface area contributed by atoms with Gasteiger partial charge in [0.1, 0.15) is 0 Å². The fraction of sp³-hybridized carbons (Fsp3) is 0.167. The number of nitrogens with zero attached hydrogens (tertiary/aromatic N) is 1. The summed E-state index contributed by atoms with van der Waals surface area (Å²) in [7, 11) is 0. The van der Waals surface area contributed by atoms with Crippen LogP contribution in [0.1, 0.15) is 50.1 Å². The third-order valence-electron chi connectivity index (χ3n) is 7.62. The first-order valence-electron chi connectivity index (χ1n) is 13.6. The highest BCUT2D eigenvalue weighted by Gasteiger charge is 2.32. The van der Waals surface area contributed by atoms with Gasteiger partial charge in [-0.2, -0.15) is 0 Å². The molecular weight excluding hydrogens is 659 g/mol. The number of aromatic nitrogens is 1. The minimum Gasteiger partial charge on any atom is -0.262 e. The van der Waals surface area contributed by atoms with Crippen molar-refractivity contribution in [3.63, 3.8) is 0 Å². The molecular formula is C36H28Cl6N. The molecule has 5 rings (SSSR count).